The number of para-hydroxylation sites is 1. The van der Waals surface area contributed by atoms with Crippen molar-refractivity contribution in [3.8, 4) is 0 Å². The van der Waals surface area contributed by atoms with Crippen LogP contribution in [0, 0.1) is 10.1 Å². The van der Waals surface area contributed by atoms with Crippen molar-refractivity contribution in [1.29, 1.82) is 0 Å². The quantitative estimate of drug-likeness (QED) is 0.444. The molecule has 0 unspecified atom stereocenters. The number of non-ortho nitro benzene ring substituents is 1. The molecular formula is C16H9ClN2O5. The molecule has 0 aliphatic heterocycles. The smallest absolute Gasteiger partial charge is 0.349 e. The molecule has 24 heavy (non-hydrogen) atoms. The number of fused-ring (bicyclic) bond motifs is 1. The molecule has 2 aromatic carbocycles. The lowest BCUT2D eigenvalue weighted by molar-refractivity contribution is -0.384. The predicted octanol–water partition coefficient (Wildman–Crippen LogP) is 3.61. The minimum absolute atomic E-state index is 0.176. The fourth-order valence-corrected chi connectivity index (χ4v) is 2.38. The first kappa shape index (κ1) is 15.7. The van der Waals surface area contributed by atoms with Crippen LogP contribution in [0.1, 0.15) is 10.4 Å². The number of halogens is 1. The number of benzene rings is 2. The van der Waals surface area contributed by atoms with Gasteiger partial charge < -0.3 is 9.73 Å². The maximum absolute atomic E-state index is 12.3. The number of carbonyl (C=O) groups is 1. The molecule has 3 rings (SSSR count). The summed E-state index contributed by atoms with van der Waals surface area (Å²) in [5.74, 6) is -0.730. The van der Waals surface area contributed by atoms with Crippen molar-refractivity contribution in [2.45, 2.75) is 0 Å². The Hall–Kier alpha value is -3.19. The number of nitro benzene ring substituents is 1. The number of rotatable bonds is 3. The minimum atomic E-state index is -0.849. The van der Waals surface area contributed by atoms with Crippen molar-refractivity contribution in [3.05, 3.63) is 79.7 Å². The fraction of sp³-hybridized carbons (Fsp3) is 0. The number of nitro groups is 1. The summed E-state index contributed by atoms with van der Waals surface area (Å²) in [7, 11) is 0. The van der Waals surface area contributed by atoms with Gasteiger partial charge in [0.25, 0.3) is 11.6 Å². The van der Waals surface area contributed by atoms with Gasteiger partial charge in [-0.3, -0.25) is 14.9 Å². The Labute approximate surface area is 139 Å². The molecule has 1 amide bonds. The van der Waals surface area contributed by atoms with Gasteiger partial charge in [-0.25, -0.2) is 4.79 Å². The van der Waals surface area contributed by atoms with Crippen molar-refractivity contribution in [3.63, 3.8) is 0 Å². The zero-order valence-electron chi connectivity index (χ0n) is 12.0. The summed E-state index contributed by atoms with van der Waals surface area (Å²) in [5, 5.41) is 13.9. The van der Waals surface area contributed by atoms with Crippen LogP contribution in [0.5, 0.6) is 0 Å². The van der Waals surface area contributed by atoms with Gasteiger partial charge in [0, 0.05) is 23.2 Å². The highest BCUT2D eigenvalue weighted by Gasteiger charge is 2.16. The monoisotopic (exact) mass is 344 g/mol. The fourth-order valence-electron chi connectivity index (χ4n) is 2.16. The summed E-state index contributed by atoms with van der Waals surface area (Å²) in [6.45, 7) is 0. The number of anilines is 1. The van der Waals surface area contributed by atoms with E-state index < -0.39 is 16.5 Å². The molecule has 0 fully saturated rings. The highest BCUT2D eigenvalue weighted by atomic mass is 35.5. The lowest BCUT2D eigenvalue weighted by Crippen LogP contribution is -2.20. The minimum Gasteiger partial charge on any atom is -0.421 e. The van der Waals surface area contributed by atoms with Gasteiger partial charge in [0.2, 0.25) is 0 Å². The third-order valence-corrected chi connectivity index (χ3v) is 3.57. The van der Waals surface area contributed by atoms with Gasteiger partial charge in [0.15, 0.2) is 5.58 Å². The van der Waals surface area contributed by atoms with Crippen LogP contribution in [-0.4, -0.2) is 10.8 Å². The van der Waals surface area contributed by atoms with Gasteiger partial charge in [-0.05, 0) is 18.2 Å². The van der Waals surface area contributed by atoms with Crippen LogP contribution < -0.4 is 10.9 Å². The second kappa shape index (κ2) is 6.13. The largest absolute Gasteiger partial charge is 0.421 e. The first-order chi connectivity index (χ1) is 11.5. The Morgan fingerprint density at radius 3 is 2.67 bits per heavy atom. The van der Waals surface area contributed by atoms with Gasteiger partial charge in [0.05, 0.1) is 9.95 Å². The van der Waals surface area contributed by atoms with E-state index in [0.717, 1.165) is 0 Å². The van der Waals surface area contributed by atoms with Crippen molar-refractivity contribution in [2.24, 2.45) is 0 Å². The molecule has 0 atom stereocenters. The molecule has 0 aliphatic carbocycles. The maximum Gasteiger partial charge on any atom is 0.349 e. The lowest BCUT2D eigenvalue weighted by atomic mass is 10.1. The molecule has 0 radical (unpaired) electrons. The van der Waals surface area contributed by atoms with Gasteiger partial charge in [-0.15, -0.1) is 0 Å². The van der Waals surface area contributed by atoms with Crippen molar-refractivity contribution >= 4 is 39.9 Å². The molecule has 0 saturated heterocycles. The third-order valence-electron chi connectivity index (χ3n) is 3.27. The highest BCUT2D eigenvalue weighted by Crippen LogP contribution is 2.23. The molecule has 0 aliphatic rings. The van der Waals surface area contributed by atoms with Crippen LogP contribution in [0.2, 0.25) is 5.02 Å². The van der Waals surface area contributed by atoms with E-state index in [9.17, 15) is 19.7 Å². The zero-order valence-corrected chi connectivity index (χ0v) is 12.7. The Kier molecular flexibility index (Phi) is 4.01. The summed E-state index contributed by atoms with van der Waals surface area (Å²) in [6, 6.07) is 11.6. The van der Waals surface area contributed by atoms with E-state index in [4.69, 9.17) is 16.0 Å². The van der Waals surface area contributed by atoms with Crippen molar-refractivity contribution in [1.82, 2.24) is 0 Å². The Bertz CT molecular complexity index is 1030. The molecular weight excluding hydrogens is 336 g/mol. The lowest BCUT2D eigenvalue weighted by Gasteiger charge is -2.05. The van der Waals surface area contributed by atoms with Crippen LogP contribution in [0.4, 0.5) is 11.4 Å². The molecule has 1 N–H and O–H groups in total. The molecule has 7 nitrogen and oxygen atoms in total. The highest BCUT2D eigenvalue weighted by molar-refractivity contribution is 6.34. The Morgan fingerprint density at radius 1 is 1.17 bits per heavy atom. The van der Waals surface area contributed by atoms with E-state index in [1.165, 1.54) is 30.3 Å². The van der Waals surface area contributed by atoms with Crippen molar-refractivity contribution in [2.75, 3.05) is 5.32 Å². The van der Waals surface area contributed by atoms with Gasteiger partial charge in [-0.1, -0.05) is 29.8 Å². The standard InChI is InChI=1S/C16H9ClN2O5/c17-13-6-1-3-9-7-12(16(21)24-14(9)13)15(20)18-10-4-2-5-11(8-10)19(22)23/h1-8H,(H,18,20). The summed E-state index contributed by atoms with van der Waals surface area (Å²) < 4.78 is 5.09. The summed E-state index contributed by atoms with van der Waals surface area (Å²) in [4.78, 5) is 34.4. The van der Waals surface area contributed by atoms with Gasteiger partial charge in [0.1, 0.15) is 5.56 Å². The van der Waals surface area contributed by atoms with E-state index in [1.54, 1.807) is 18.2 Å². The molecule has 1 heterocycles. The molecule has 0 saturated carbocycles. The topological polar surface area (TPSA) is 102 Å². The maximum atomic E-state index is 12.3. The Morgan fingerprint density at radius 2 is 1.92 bits per heavy atom. The van der Waals surface area contributed by atoms with E-state index in [2.05, 4.69) is 5.32 Å². The summed E-state index contributed by atoms with van der Waals surface area (Å²) in [5.41, 5.74) is -0.865. The number of amides is 1. The predicted molar refractivity (Wildman–Crippen MR) is 88.5 cm³/mol. The molecule has 3 aromatic rings. The Balaban J connectivity index is 1.97. The van der Waals surface area contributed by atoms with E-state index in [1.807, 2.05) is 0 Å². The molecule has 8 heteroatoms. The normalized spacial score (nSPS) is 10.5. The van der Waals surface area contributed by atoms with Crippen LogP contribution >= 0.6 is 11.6 Å². The van der Waals surface area contributed by atoms with Crippen LogP contribution in [0.15, 0.2) is 57.7 Å². The third kappa shape index (κ3) is 2.97. The van der Waals surface area contributed by atoms with Gasteiger partial charge >= 0.3 is 5.63 Å². The second-order valence-corrected chi connectivity index (χ2v) is 5.27. The average molecular weight is 345 g/mol. The molecule has 120 valence electrons. The second-order valence-electron chi connectivity index (χ2n) is 4.87. The van der Waals surface area contributed by atoms with Crippen LogP contribution in [-0.2, 0) is 0 Å². The average Bonchev–Trinajstić information content (AvgIpc) is 2.55. The van der Waals surface area contributed by atoms with Crippen molar-refractivity contribution < 1.29 is 14.1 Å². The molecule has 0 bridgehead atoms. The summed E-state index contributed by atoms with van der Waals surface area (Å²) in [6.07, 6.45) is 0. The van der Waals surface area contributed by atoms with E-state index >= 15 is 0 Å². The van der Waals surface area contributed by atoms with Gasteiger partial charge in [-0.2, -0.15) is 0 Å². The number of nitrogens with one attached hydrogen (secondary N) is 1. The first-order valence-electron chi connectivity index (χ1n) is 6.74. The van der Waals surface area contributed by atoms with E-state index in [-0.39, 0.29) is 27.5 Å². The first-order valence-corrected chi connectivity index (χ1v) is 7.11. The van der Waals surface area contributed by atoms with Crippen LogP contribution in [0.3, 0.4) is 0 Å². The van der Waals surface area contributed by atoms with E-state index in [0.29, 0.717) is 5.39 Å². The summed E-state index contributed by atoms with van der Waals surface area (Å²) >= 11 is 5.94. The number of carbonyl (C=O) groups excluding carboxylic acids is 1. The number of hydrogen-bond donors (Lipinski definition) is 1. The number of hydrogen-bond acceptors (Lipinski definition) is 5. The SMILES string of the molecule is O=C(Nc1cccc([N+](=O)[O-])c1)c1cc2cccc(Cl)c2oc1=O. The molecule has 0 spiro atoms. The zero-order chi connectivity index (χ0) is 17.3. The van der Waals surface area contributed by atoms with Crippen LogP contribution in [0.25, 0.3) is 11.0 Å². The molecule has 1 aromatic heterocycles. The number of nitrogens with zero attached hydrogens (tertiary/aromatic N) is 1.